The van der Waals surface area contributed by atoms with Crippen molar-refractivity contribution in [3.05, 3.63) is 35.6 Å². The van der Waals surface area contributed by atoms with E-state index in [1.54, 1.807) is 0 Å². The van der Waals surface area contributed by atoms with Crippen LogP contribution in [0.4, 0.5) is 4.39 Å². The third-order valence-corrected chi connectivity index (χ3v) is 1.65. The molecular weight excluding hydrogens is 185 g/mol. The van der Waals surface area contributed by atoms with E-state index >= 15 is 0 Å². The normalized spacial score (nSPS) is 9.86. The van der Waals surface area contributed by atoms with Crippen LogP contribution >= 0.6 is 0 Å². The summed E-state index contributed by atoms with van der Waals surface area (Å²) in [5.41, 5.74) is 0.0276. The van der Waals surface area contributed by atoms with Crippen LogP contribution in [0, 0.1) is 11.9 Å². The van der Waals surface area contributed by atoms with Gasteiger partial charge in [0.25, 0.3) is 5.91 Å². The highest BCUT2D eigenvalue weighted by atomic mass is 19.1. The molecule has 0 aromatic heterocycles. The molecule has 0 aliphatic rings. The Balaban J connectivity index is 2.56. The first-order chi connectivity index (χ1) is 6.75. The summed E-state index contributed by atoms with van der Waals surface area (Å²) < 4.78 is 17.8. The van der Waals surface area contributed by atoms with Gasteiger partial charge in [-0.05, 0) is 18.2 Å². The second-order valence-electron chi connectivity index (χ2n) is 2.65. The number of methoxy groups -OCH3 is 1. The number of amides is 1. The van der Waals surface area contributed by atoms with Gasteiger partial charge in [0.05, 0.1) is 12.2 Å². The Morgan fingerprint density at radius 2 is 2.50 bits per heavy atom. The first-order valence-corrected chi connectivity index (χ1v) is 4.18. The Hall–Kier alpha value is -1.42. The lowest BCUT2D eigenvalue weighted by Gasteiger charge is -2.04. The van der Waals surface area contributed by atoms with Crippen molar-refractivity contribution in [2.24, 2.45) is 0 Å². The highest BCUT2D eigenvalue weighted by Gasteiger charge is 2.09. The molecule has 1 rings (SSSR count). The summed E-state index contributed by atoms with van der Waals surface area (Å²) in [7, 11) is 1.53. The number of hydrogen-bond acceptors (Lipinski definition) is 2. The van der Waals surface area contributed by atoms with Crippen molar-refractivity contribution in [3.63, 3.8) is 0 Å². The summed E-state index contributed by atoms with van der Waals surface area (Å²) >= 11 is 0. The molecule has 0 unspecified atom stereocenters. The number of carbonyl (C=O) groups excluding carboxylic acids is 1. The molecule has 1 radical (unpaired) electrons. The lowest BCUT2D eigenvalue weighted by molar-refractivity contribution is 0.0933. The molecule has 0 saturated carbocycles. The van der Waals surface area contributed by atoms with Crippen molar-refractivity contribution in [2.45, 2.75) is 0 Å². The number of ether oxygens (including phenoxy) is 1. The van der Waals surface area contributed by atoms with Gasteiger partial charge < -0.3 is 10.1 Å². The van der Waals surface area contributed by atoms with E-state index in [0.717, 1.165) is 6.07 Å². The third-order valence-electron chi connectivity index (χ3n) is 1.65. The zero-order chi connectivity index (χ0) is 10.4. The predicted molar refractivity (Wildman–Crippen MR) is 49.4 cm³/mol. The molecule has 1 aromatic rings. The summed E-state index contributed by atoms with van der Waals surface area (Å²) in [5.74, 6) is -1.00. The summed E-state index contributed by atoms with van der Waals surface area (Å²) in [5, 5.41) is 2.52. The minimum atomic E-state index is -0.567. The van der Waals surface area contributed by atoms with Crippen LogP contribution in [0.2, 0.25) is 0 Å². The minimum absolute atomic E-state index is 0.0276. The summed E-state index contributed by atoms with van der Waals surface area (Å²) in [4.78, 5) is 11.3. The lowest BCUT2D eigenvalue weighted by atomic mass is 10.2. The van der Waals surface area contributed by atoms with Crippen molar-refractivity contribution in [2.75, 3.05) is 20.3 Å². The second-order valence-corrected chi connectivity index (χ2v) is 2.65. The monoisotopic (exact) mass is 196 g/mol. The number of hydrogen-bond donors (Lipinski definition) is 1. The standard InChI is InChI=1S/C10H11FNO2/c1-14-7-6-12-10(13)8-4-2-3-5-9(8)11/h2,4-5H,6-7H2,1H3,(H,12,13). The maximum absolute atomic E-state index is 13.0. The van der Waals surface area contributed by atoms with Gasteiger partial charge >= 0.3 is 0 Å². The van der Waals surface area contributed by atoms with Crippen LogP contribution in [0.5, 0.6) is 0 Å². The maximum atomic E-state index is 13.0. The molecule has 0 bridgehead atoms. The van der Waals surface area contributed by atoms with Gasteiger partial charge in [0.1, 0.15) is 5.82 Å². The molecule has 4 heteroatoms. The molecule has 0 heterocycles. The molecule has 0 aliphatic heterocycles. The number of benzene rings is 1. The minimum Gasteiger partial charge on any atom is -0.383 e. The zero-order valence-electron chi connectivity index (χ0n) is 7.84. The predicted octanol–water partition coefficient (Wildman–Crippen LogP) is 1.00. The molecular formula is C10H11FNO2. The number of rotatable bonds is 4. The highest BCUT2D eigenvalue weighted by Crippen LogP contribution is 2.04. The Morgan fingerprint density at radius 1 is 1.71 bits per heavy atom. The average molecular weight is 196 g/mol. The van der Waals surface area contributed by atoms with E-state index in [0.29, 0.717) is 13.2 Å². The maximum Gasteiger partial charge on any atom is 0.254 e. The largest absolute Gasteiger partial charge is 0.383 e. The van der Waals surface area contributed by atoms with Gasteiger partial charge in [-0.15, -0.1) is 0 Å². The van der Waals surface area contributed by atoms with Gasteiger partial charge in [-0.25, -0.2) is 4.39 Å². The molecule has 0 fully saturated rings. The molecule has 0 aliphatic carbocycles. The van der Waals surface area contributed by atoms with E-state index in [9.17, 15) is 9.18 Å². The zero-order valence-corrected chi connectivity index (χ0v) is 7.84. The van der Waals surface area contributed by atoms with Crippen LogP contribution in [0.15, 0.2) is 18.2 Å². The summed E-state index contributed by atoms with van der Waals surface area (Å²) in [6.07, 6.45) is 0. The Kier molecular flexibility index (Phi) is 4.07. The second kappa shape index (κ2) is 5.34. The van der Waals surface area contributed by atoms with Crippen molar-refractivity contribution in [1.82, 2.24) is 5.32 Å². The molecule has 0 spiro atoms. The fourth-order valence-electron chi connectivity index (χ4n) is 0.956. The Morgan fingerprint density at radius 3 is 3.14 bits per heavy atom. The van der Waals surface area contributed by atoms with Crippen LogP contribution in [0.25, 0.3) is 0 Å². The van der Waals surface area contributed by atoms with Gasteiger partial charge in [-0.3, -0.25) is 4.79 Å². The van der Waals surface area contributed by atoms with E-state index < -0.39 is 11.7 Å². The van der Waals surface area contributed by atoms with E-state index in [1.807, 2.05) is 0 Å². The number of carbonyl (C=O) groups is 1. The molecule has 1 amide bonds. The van der Waals surface area contributed by atoms with Crippen LogP contribution in [0.3, 0.4) is 0 Å². The lowest BCUT2D eigenvalue weighted by Crippen LogP contribution is -2.27. The fraction of sp³-hybridized carbons (Fsp3) is 0.300. The van der Waals surface area contributed by atoms with E-state index in [1.165, 1.54) is 19.2 Å². The Bertz CT molecular complexity index is 315. The molecule has 3 nitrogen and oxygen atoms in total. The summed E-state index contributed by atoms with van der Waals surface area (Å²) in [6, 6.07) is 6.55. The van der Waals surface area contributed by atoms with E-state index in [2.05, 4.69) is 11.4 Å². The first-order valence-electron chi connectivity index (χ1n) is 4.18. The Labute approximate surface area is 81.9 Å². The van der Waals surface area contributed by atoms with Crippen LogP contribution in [-0.4, -0.2) is 26.2 Å². The van der Waals surface area contributed by atoms with Gasteiger partial charge in [0, 0.05) is 13.7 Å². The topological polar surface area (TPSA) is 38.3 Å². The average Bonchev–Trinajstić information content (AvgIpc) is 2.18. The van der Waals surface area contributed by atoms with Crippen molar-refractivity contribution in [1.29, 1.82) is 0 Å². The van der Waals surface area contributed by atoms with Gasteiger partial charge in [0.15, 0.2) is 0 Å². The third kappa shape index (κ3) is 2.81. The van der Waals surface area contributed by atoms with Gasteiger partial charge in [0.2, 0.25) is 0 Å². The van der Waals surface area contributed by atoms with Gasteiger partial charge in [-0.1, -0.05) is 6.07 Å². The van der Waals surface area contributed by atoms with Crippen LogP contribution in [0.1, 0.15) is 10.4 Å². The molecule has 0 saturated heterocycles. The fourth-order valence-corrected chi connectivity index (χ4v) is 0.956. The molecule has 1 N–H and O–H groups in total. The molecule has 75 valence electrons. The van der Waals surface area contributed by atoms with E-state index in [-0.39, 0.29) is 5.56 Å². The molecule has 14 heavy (non-hydrogen) atoms. The number of nitrogens with one attached hydrogen (secondary N) is 1. The number of halogens is 1. The van der Waals surface area contributed by atoms with Crippen molar-refractivity contribution in [3.8, 4) is 0 Å². The van der Waals surface area contributed by atoms with Crippen molar-refractivity contribution < 1.29 is 13.9 Å². The quantitative estimate of drug-likeness (QED) is 0.729. The van der Waals surface area contributed by atoms with E-state index in [4.69, 9.17) is 4.74 Å². The molecule has 0 atom stereocenters. The van der Waals surface area contributed by atoms with Gasteiger partial charge in [-0.2, -0.15) is 0 Å². The van der Waals surface area contributed by atoms with Crippen LogP contribution in [-0.2, 0) is 4.74 Å². The summed E-state index contributed by atoms with van der Waals surface area (Å²) in [6.45, 7) is 0.777. The first kappa shape index (κ1) is 10.7. The smallest absolute Gasteiger partial charge is 0.254 e. The molecule has 1 aromatic carbocycles. The van der Waals surface area contributed by atoms with Crippen molar-refractivity contribution >= 4 is 5.91 Å². The van der Waals surface area contributed by atoms with Crippen LogP contribution < -0.4 is 5.32 Å². The SMILES string of the molecule is COCCNC(=O)c1cc[c]cc1F. The highest BCUT2D eigenvalue weighted by molar-refractivity contribution is 5.94.